The lowest BCUT2D eigenvalue weighted by Gasteiger charge is -2.21. The van der Waals surface area contributed by atoms with Gasteiger partial charge < -0.3 is 9.32 Å². The summed E-state index contributed by atoms with van der Waals surface area (Å²) >= 11 is 0. The van der Waals surface area contributed by atoms with E-state index in [0.717, 1.165) is 36.0 Å². The summed E-state index contributed by atoms with van der Waals surface area (Å²) in [6.07, 6.45) is 2.55. The first-order chi connectivity index (χ1) is 19.0. The van der Waals surface area contributed by atoms with Crippen LogP contribution in [0.3, 0.4) is 0 Å². The van der Waals surface area contributed by atoms with Crippen molar-refractivity contribution < 1.29 is 9.21 Å². The monoisotopic (exact) mass is 514 g/mol. The number of aromatic nitrogens is 2. The number of nitriles is 1. The van der Waals surface area contributed by atoms with Crippen molar-refractivity contribution >= 4 is 5.91 Å². The summed E-state index contributed by atoms with van der Waals surface area (Å²) in [5.74, 6) is 6.95. The minimum absolute atomic E-state index is 0.0258. The number of rotatable bonds is 6. The number of hydrogen-bond donors (Lipinski definition) is 0. The Balaban J connectivity index is 1.56. The second-order valence-electron chi connectivity index (χ2n) is 10.00. The number of amides is 1. The van der Waals surface area contributed by atoms with E-state index in [-0.39, 0.29) is 17.9 Å². The van der Waals surface area contributed by atoms with Gasteiger partial charge in [0.15, 0.2) is 0 Å². The van der Waals surface area contributed by atoms with Crippen LogP contribution in [0.2, 0.25) is 0 Å². The summed E-state index contributed by atoms with van der Waals surface area (Å²) in [4.78, 5) is 15.6. The number of benzene rings is 3. The van der Waals surface area contributed by atoms with Gasteiger partial charge in [-0.2, -0.15) is 5.26 Å². The lowest BCUT2D eigenvalue weighted by molar-refractivity contribution is 0.0766. The van der Waals surface area contributed by atoms with Crippen molar-refractivity contribution in [3.05, 3.63) is 94.9 Å². The molecule has 0 saturated carbocycles. The first kappa shape index (κ1) is 25.9. The first-order valence-electron chi connectivity index (χ1n) is 13.2. The molecule has 39 heavy (non-hydrogen) atoms. The predicted octanol–water partition coefficient (Wildman–Crippen LogP) is 6.56. The molecule has 0 N–H and O–H groups in total. The molecular weight excluding hydrogens is 484 g/mol. The maximum absolute atomic E-state index is 13.8. The Morgan fingerprint density at radius 2 is 1.90 bits per heavy atom. The molecule has 1 aliphatic rings. The van der Waals surface area contributed by atoms with Crippen molar-refractivity contribution in [1.29, 1.82) is 5.26 Å². The molecular formula is C33H30N4O2. The second kappa shape index (κ2) is 11.4. The molecule has 0 aliphatic carbocycles. The Morgan fingerprint density at radius 3 is 2.67 bits per heavy atom. The van der Waals surface area contributed by atoms with E-state index in [0.29, 0.717) is 35.0 Å². The van der Waals surface area contributed by atoms with Gasteiger partial charge >= 0.3 is 0 Å². The van der Waals surface area contributed by atoms with E-state index in [1.807, 2.05) is 66.4 Å². The van der Waals surface area contributed by atoms with Crippen LogP contribution in [0.1, 0.15) is 65.5 Å². The molecule has 0 spiro atoms. The summed E-state index contributed by atoms with van der Waals surface area (Å²) in [5, 5.41) is 18.6. The number of hydrogen-bond acceptors (Lipinski definition) is 5. The zero-order valence-corrected chi connectivity index (χ0v) is 22.4. The highest BCUT2D eigenvalue weighted by Gasteiger charge is 2.29. The molecule has 194 valence electrons. The average molecular weight is 515 g/mol. The van der Waals surface area contributed by atoms with Gasteiger partial charge in [0.2, 0.25) is 11.8 Å². The molecule has 3 aromatic carbocycles. The quantitative estimate of drug-likeness (QED) is 0.272. The van der Waals surface area contributed by atoms with Crippen molar-refractivity contribution in [3.63, 3.8) is 0 Å². The van der Waals surface area contributed by atoms with Crippen LogP contribution in [0.5, 0.6) is 0 Å². The summed E-state index contributed by atoms with van der Waals surface area (Å²) in [7, 11) is 0. The number of aryl methyl sites for hydroxylation is 1. The van der Waals surface area contributed by atoms with Gasteiger partial charge in [0.05, 0.1) is 11.6 Å². The molecule has 1 fully saturated rings. The second-order valence-corrected chi connectivity index (χ2v) is 10.00. The summed E-state index contributed by atoms with van der Waals surface area (Å²) in [6.45, 7) is 6.43. The number of nitrogens with zero attached hydrogens (tertiary/aromatic N) is 4. The molecule has 6 nitrogen and oxygen atoms in total. The third-order valence-electron chi connectivity index (χ3n) is 7.19. The fourth-order valence-electron chi connectivity index (χ4n) is 5.18. The normalized spacial score (nSPS) is 15.3. The van der Waals surface area contributed by atoms with Crippen LogP contribution in [-0.4, -0.2) is 33.6 Å². The molecule has 6 heteroatoms. The van der Waals surface area contributed by atoms with Gasteiger partial charge in [-0.15, -0.1) is 16.1 Å². The van der Waals surface area contributed by atoms with Gasteiger partial charge in [0, 0.05) is 23.6 Å². The molecule has 5 rings (SSSR count). The summed E-state index contributed by atoms with van der Waals surface area (Å²) in [5.41, 5.74) is 5.31. The summed E-state index contributed by atoms with van der Waals surface area (Å²) < 4.78 is 6.16. The van der Waals surface area contributed by atoms with Crippen molar-refractivity contribution in [1.82, 2.24) is 15.1 Å². The van der Waals surface area contributed by atoms with Crippen LogP contribution in [0, 0.1) is 30.1 Å². The number of carbonyl (C=O) groups is 1. The molecule has 0 radical (unpaired) electrons. The van der Waals surface area contributed by atoms with Crippen molar-refractivity contribution in [3.8, 4) is 40.5 Å². The van der Waals surface area contributed by atoms with Gasteiger partial charge in [-0.05, 0) is 73.6 Å². The molecule has 1 aliphatic heterocycles. The topological polar surface area (TPSA) is 83.0 Å². The Bertz CT molecular complexity index is 1600. The number of likely N-dealkylation sites (tertiary alicyclic amines) is 1. The van der Waals surface area contributed by atoms with Gasteiger partial charge in [0.25, 0.3) is 5.91 Å². The first-order valence-corrected chi connectivity index (χ1v) is 13.2. The molecule has 1 amide bonds. The van der Waals surface area contributed by atoms with Crippen LogP contribution in [0.4, 0.5) is 0 Å². The van der Waals surface area contributed by atoms with Gasteiger partial charge in [-0.1, -0.05) is 61.4 Å². The lowest BCUT2D eigenvalue weighted by atomic mass is 9.93. The van der Waals surface area contributed by atoms with Crippen molar-refractivity contribution in [2.24, 2.45) is 0 Å². The standard InChI is InChI=1S/C33H30N4O2/c1-4-10-28-14-9-16-37(28)33(38)27-19-25(29-15-8-11-22(2)30(29)21-34)18-26(20-27)32-36-35-31(39-32)23(3)17-24-12-6-5-7-13-24/h5-8,11-13,15,18-20,23,28H,9,14,16-17H2,1-3H3. The molecule has 1 aromatic heterocycles. The molecule has 2 atom stereocenters. The van der Waals surface area contributed by atoms with E-state index >= 15 is 0 Å². The highest BCUT2D eigenvalue weighted by Crippen LogP contribution is 2.33. The minimum atomic E-state index is -0.0999. The fourth-order valence-corrected chi connectivity index (χ4v) is 5.18. The fraction of sp³-hybridized carbons (Fsp3) is 0.273. The Kier molecular flexibility index (Phi) is 7.57. The van der Waals surface area contributed by atoms with E-state index in [2.05, 4.69) is 47.2 Å². The highest BCUT2D eigenvalue weighted by atomic mass is 16.4. The zero-order chi connectivity index (χ0) is 27.4. The smallest absolute Gasteiger partial charge is 0.254 e. The molecule has 2 heterocycles. The Hall–Kier alpha value is -4.68. The average Bonchev–Trinajstić information content (AvgIpc) is 3.63. The highest BCUT2D eigenvalue weighted by molar-refractivity contribution is 5.97. The van der Waals surface area contributed by atoms with Gasteiger partial charge in [0.1, 0.15) is 6.07 Å². The van der Waals surface area contributed by atoms with E-state index in [9.17, 15) is 10.1 Å². The van der Waals surface area contributed by atoms with E-state index < -0.39 is 0 Å². The maximum Gasteiger partial charge on any atom is 0.254 e. The van der Waals surface area contributed by atoms with Crippen LogP contribution >= 0.6 is 0 Å². The van der Waals surface area contributed by atoms with E-state index in [4.69, 9.17) is 4.42 Å². The third-order valence-corrected chi connectivity index (χ3v) is 7.19. The zero-order valence-electron chi connectivity index (χ0n) is 22.4. The summed E-state index contributed by atoms with van der Waals surface area (Å²) in [6, 6.07) is 23.7. The molecule has 1 saturated heterocycles. The van der Waals surface area contributed by atoms with Crippen LogP contribution in [0.25, 0.3) is 22.6 Å². The molecule has 2 unspecified atom stereocenters. The van der Waals surface area contributed by atoms with E-state index in [1.165, 1.54) is 5.56 Å². The molecule has 0 bridgehead atoms. The minimum Gasteiger partial charge on any atom is -0.420 e. The maximum atomic E-state index is 13.8. The van der Waals surface area contributed by atoms with Gasteiger partial charge in [-0.25, -0.2) is 0 Å². The lowest BCUT2D eigenvalue weighted by Crippen LogP contribution is -2.34. The van der Waals surface area contributed by atoms with Crippen LogP contribution in [0.15, 0.2) is 71.1 Å². The van der Waals surface area contributed by atoms with Gasteiger partial charge in [-0.3, -0.25) is 4.79 Å². The molecule has 4 aromatic rings. The largest absolute Gasteiger partial charge is 0.420 e. The third kappa shape index (κ3) is 5.47. The Labute approximate surface area is 229 Å². The predicted molar refractivity (Wildman–Crippen MR) is 151 cm³/mol. The van der Waals surface area contributed by atoms with Crippen LogP contribution < -0.4 is 0 Å². The van der Waals surface area contributed by atoms with Crippen molar-refractivity contribution in [2.45, 2.75) is 52.0 Å². The number of carbonyl (C=O) groups excluding carboxylic acids is 1. The van der Waals surface area contributed by atoms with E-state index in [1.54, 1.807) is 6.92 Å². The SMILES string of the molecule is CC#CC1CCCN1C(=O)c1cc(-c2nnc(C(C)Cc3ccccc3)o2)cc(-c2cccc(C)c2C#N)c1. The Morgan fingerprint density at radius 1 is 1.10 bits per heavy atom. The van der Waals surface area contributed by atoms with Crippen molar-refractivity contribution in [2.75, 3.05) is 6.54 Å². The van der Waals surface area contributed by atoms with Crippen LogP contribution in [-0.2, 0) is 6.42 Å².